The van der Waals surface area contributed by atoms with E-state index in [9.17, 15) is 4.79 Å². The number of para-hydroxylation sites is 2. The summed E-state index contributed by atoms with van der Waals surface area (Å²) in [5.41, 5.74) is 4.31. The molecule has 0 N–H and O–H groups in total. The molecule has 7 nitrogen and oxygen atoms in total. The maximum absolute atomic E-state index is 12.3. The van der Waals surface area contributed by atoms with E-state index in [-0.39, 0.29) is 5.56 Å². The van der Waals surface area contributed by atoms with E-state index >= 15 is 0 Å². The van der Waals surface area contributed by atoms with Crippen LogP contribution in [0.2, 0.25) is 0 Å². The van der Waals surface area contributed by atoms with Crippen LogP contribution in [-0.4, -0.2) is 37.8 Å². The highest BCUT2D eigenvalue weighted by Crippen LogP contribution is 2.27. The van der Waals surface area contributed by atoms with Crippen LogP contribution >= 0.6 is 0 Å². The van der Waals surface area contributed by atoms with Crippen molar-refractivity contribution in [3.63, 3.8) is 0 Å². The zero-order valence-electron chi connectivity index (χ0n) is 16.1. The third-order valence-electron chi connectivity index (χ3n) is 5.23. The fraction of sp³-hybridized carbons (Fsp3) is 0.227. The average Bonchev–Trinajstić information content (AvgIpc) is 2.72. The predicted molar refractivity (Wildman–Crippen MR) is 112 cm³/mol. The van der Waals surface area contributed by atoms with Gasteiger partial charge in [-0.25, -0.2) is 14.6 Å². The van der Waals surface area contributed by atoms with E-state index in [0.717, 1.165) is 46.9 Å². The highest BCUT2D eigenvalue weighted by Gasteiger charge is 2.30. The molecule has 0 amide bonds. The zero-order chi connectivity index (χ0) is 19.8. The number of benzene rings is 1. The second-order valence-electron chi connectivity index (χ2n) is 7.37. The monoisotopic (exact) mass is 384 g/mol. The van der Waals surface area contributed by atoms with Crippen LogP contribution in [0.3, 0.4) is 0 Å². The number of anilines is 1. The number of rotatable bonds is 4. The first-order chi connectivity index (χ1) is 14.2. The number of fused-ring (bicyclic) bond motifs is 1. The highest BCUT2D eigenvalue weighted by atomic mass is 16.1. The van der Waals surface area contributed by atoms with Gasteiger partial charge in [0.1, 0.15) is 0 Å². The molecule has 1 saturated heterocycles. The molecule has 0 radical (unpaired) electrons. The molecule has 1 aromatic carbocycles. The maximum Gasteiger partial charge on any atom is 0.266 e. The highest BCUT2D eigenvalue weighted by molar-refractivity contribution is 5.76. The standard InChI is InChI=1S/C22H20N6O/c1-15-22(25-20-7-3-2-6-19(20)24-15)27-12-16(13-27)14-28-21(29)9-8-18(26-28)17-5-4-10-23-11-17/h2-11,16H,12-14H2,1H3. The van der Waals surface area contributed by atoms with Crippen molar-refractivity contribution in [3.8, 4) is 11.3 Å². The summed E-state index contributed by atoms with van der Waals surface area (Å²) in [6.07, 6.45) is 3.48. The van der Waals surface area contributed by atoms with E-state index in [1.165, 1.54) is 0 Å². The smallest absolute Gasteiger partial charge is 0.266 e. The minimum Gasteiger partial charge on any atom is -0.354 e. The van der Waals surface area contributed by atoms with Crippen LogP contribution in [0, 0.1) is 12.8 Å². The first kappa shape index (κ1) is 17.5. The van der Waals surface area contributed by atoms with Crippen molar-refractivity contribution in [2.75, 3.05) is 18.0 Å². The van der Waals surface area contributed by atoms with Gasteiger partial charge in [0.15, 0.2) is 5.82 Å². The molecule has 0 aliphatic carbocycles. The molecule has 29 heavy (non-hydrogen) atoms. The van der Waals surface area contributed by atoms with Crippen molar-refractivity contribution < 1.29 is 0 Å². The Morgan fingerprint density at radius 1 is 1.00 bits per heavy atom. The largest absolute Gasteiger partial charge is 0.354 e. The Bertz CT molecular complexity index is 1230. The van der Waals surface area contributed by atoms with Gasteiger partial charge in [-0.3, -0.25) is 9.78 Å². The van der Waals surface area contributed by atoms with Gasteiger partial charge in [-0.1, -0.05) is 12.1 Å². The van der Waals surface area contributed by atoms with Gasteiger partial charge >= 0.3 is 0 Å². The minimum atomic E-state index is -0.0854. The molecule has 0 spiro atoms. The third kappa shape index (κ3) is 3.35. The molecule has 0 atom stereocenters. The van der Waals surface area contributed by atoms with Crippen LogP contribution < -0.4 is 10.5 Å². The average molecular weight is 384 g/mol. The van der Waals surface area contributed by atoms with Gasteiger partial charge in [-0.2, -0.15) is 5.10 Å². The van der Waals surface area contributed by atoms with Gasteiger partial charge in [0.2, 0.25) is 0 Å². The van der Waals surface area contributed by atoms with E-state index in [1.54, 1.807) is 29.2 Å². The summed E-state index contributed by atoms with van der Waals surface area (Å²) < 4.78 is 1.56. The van der Waals surface area contributed by atoms with Crippen LogP contribution in [0.25, 0.3) is 22.3 Å². The molecule has 0 saturated carbocycles. The molecular weight excluding hydrogens is 364 g/mol. The van der Waals surface area contributed by atoms with Crippen LogP contribution in [0.4, 0.5) is 5.82 Å². The minimum absolute atomic E-state index is 0.0854. The molecule has 0 unspecified atom stereocenters. The molecule has 5 rings (SSSR count). The number of aromatic nitrogens is 5. The van der Waals surface area contributed by atoms with Crippen LogP contribution in [-0.2, 0) is 6.54 Å². The molecule has 4 heterocycles. The van der Waals surface area contributed by atoms with E-state index in [4.69, 9.17) is 4.98 Å². The molecule has 1 aliphatic rings. The van der Waals surface area contributed by atoms with Gasteiger partial charge < -0.3 is 4.90 Å². The topological polar surface area (TPSA) is 76.8 Å². The molecular formula is C22H20N6O. The fourth-order valence-corrected chi connectivity index (χ4v) is 3.73. The molecule has 7 heteroatoms. The number of pyridine rings is 1. The van der Waals surface area contributed by atoms with Crippen LogP contribution in [0.5, 0.6) is 0 Å². The summed E-state index contributed by atoms with van der Waals surface area (Å²) >= 11 is 0. The molecule has 3 aromatic heterocycles. The first-order valence-electron chi connectivity index (χ1n) is 9.64. The number of nitrogens with zero attached hydrogens (tertiary/aromatic N) is 6. The van der Waals surface area contributed by atoms with Crippen molar-refractivity contribution in [1.82, 2.24) is 24.7 Å². The molecule has 4 aromatic rings. The Hall–Kier alpha value is -3.61. The number of aryl methyl sites for hydroxylation is 1. The van der Waals surface area contributed by atoms with E-state index in [2.05, 4.69) is 20.0 Å². The SMILES string of the molecule is Cc1nc2ccccc2nc1N1CC(Cn2nc(-c3cccnc3)ccc2=O)C1. The second-order valence-corrected chi connectivity index (χ2v) is 7.37. The summed E-state index contributed by atoms with van der Waals surface area (Å²) in [7, 11) is 0. The number of hydrogen-bond donors (Lipinski definition) is 0. The summed E-state index contributed by atoms with van der Waals surface area (Å²) in [4.78, 5) is 28.1. The van der Waals surface area contributed by atoms with Crippen molar-refractivity contribution in [3.05, 3.63) is 77.0 Å². The quantitative estimate of drug-likeness (QED) is 0.538. The van der Waals surface area contributed by atoms with Crippen molar-refractivity contribution >= 4 is 16.9 Å². The van der Waals surface area contributed by atoms with E-state index in [1.807, 2.05) is 43.3 Å². The normalized spacial score (nSPS) is 14.2. The van der Waals surface area contributed by atoms with E-state index in [0.29, 0.717) is 12.5 Å². The van der Waals surface area contributed by atoms with Gasteiger partial charge in [0, 0.05) is 43.0 Å². The Morgan fingerprint density at radius 2 is 1.79 bits per heavy atom. The maximum atomic E-state index is 12.3. The lowest BCUT2D eigenvalue weighted by Gasteiger charge is -2.40. The summed E-state index contributed by atoms with van der Waals surface area (Å²) in [6, 6.07) is 15.0. The van der Waals surface area contributed by atoms with Gasteiger partial charge in [0.25, 0.3) is 5.56 Å². The Kier molecular flexibility index (Phi) is 4.27. The fourth-order valence-electron chi connectivity index (χ4n) is 3.73. The number of hydrogen-bond acceptors (Lipinski definition) is 6. The van der Waals surface area contributed by atoms with Crippen molar-refractivity contribution in [2.45, 2.75) is 13.5 Å². The summed E-state index contributed by atoms with van der Waals surface area (Å²) in [5, 5.41) is 4.54. The molecule has 1 aliphatic heterocycles. The van der Waals surface area contributed by atoms with Gasteiger partial charge in [0.05, 0.1) is 29.0 Å². The first-order valence-corrected chi connectivity index (χ1v) is 9.64. The van der Waals surface area contributed by atoms with Gasteiger partial charge in [-0.05, 0) is 37.3 Å². The summed E-state index contributed by atoms with van der Waals surface area (Å²) in [6.45, 7) is 4.24. The predicted octanol–water partition coefficient (Wildman–Crippen LogP) is 2.69. The Labute approximate surface area is 167 Å². The third-order valence-corrected chi connectivity index (χ3v) is 5.23. The lowest BCUT2D eigenvalue weighted by atomic mass is 10.00. The van der Waals surface area contributed by atoms with Crippen molar-refractivity contribution in [1.29, 1.82) is 0 Å². The van der Waals surface area contributed by atoms with Crippen molar-refractivity contribution in [2.24, 2.45) is 5.92 Å². The zero-order valence-corrected chi connectivity index (χ0v) is 16.1. The Balaban J connectivity index is 1.32. The van der Waals surface area contributed by atoms with E-state index < -0.39 is 0 Å². The lowest BCUT2D eigenvalue weighted by Crippen LogP contribution is -2.50. The van der Waals surface area contributed by atoms with Gasteiger partial charge in [-0.15, -0.1) is 0 Å². The van der Waals surface area contributed by atoms with Crippen LogP contribution in [0.1, 0.15) is 5.69 Å². The summed E-state index contributed by atoms with van der Waals surface area (Å²) in [5.74, 6) is 1.27. The Morgan fingerprint density at radius 3 is 2.55 bits per heavy atom. The molecule has 1 fully saturated rings. The second kappa shape index (κ2) is 7.09. The van der Waals surface area contributed by atoms with Crippen LogP contribution in [0.15, 0.2) is 65.7 Å². The molecule has 0 bridgehead atoms. The molecule has 144 valence electrons. The lowest BCUT2D eigenvalue weighted by molar-refractivity contribution is 0.333.